The second kappa shape index (κ2) is 10.7. The number of para-hydroxylation sites is 1. The van der Waals surface area contributed by atoms with Gasteiger partial charge in [0.15, 0.2) is 0 Å². The molecule has 5 rings (SSSR count). The van der Waals surface area contributed by atoms with Crippen molar-refractivity contribution >= 4 is 32.9 Å². The monoisotopic (exact) mass is 529 g/mol. The molecule has 7 nitrogen and oxygen atoms in total. The van der Waals surface area contributed by atoms with Crippen LogP contribution >= 0.6 is 0 Å². The van der Waals surface area contributed by atoms with Crippen molar-refractivity contribution in [2.45, 2.75) is 44.6 Å². The minimum atomic E-state index is -1.10. The van der Waals surface area contributed by atoms with Crippen molar-refractivity contribution < 1.29 is 4.21 Å². The zero-order chi connectivity index (χ0) is 27.0. The van der Waals surface area contributed by atoms with Crippen molar-refractivity contribution in [3.63, 3.8) is 0 Å². The molecule has 2 unspecified atom stereocenters. The van der Waals surface area contributed by atoms with Crippen LogP contribution in [0.1, 0.15) is 42.0 Å². The molecule has 3 heterocycles. The fourth-order valence-electron chi connectivity index (χ4n) is 5.52. The third kappa shape index (κ3) is 5.23. The lowest BCUT2D eigenvalue weighted by Crippen LogP contribution is -2.25. The number of benzene rings is 2. The normalized spacial score (nSPS) is 17.1. The molecule has 1 fully saturated rings. The van der Waals surface area contributed by atoms with Gasteiger partial charge in [0.25, 0.3) is 5.56 Å². The zero-order valence-corrected chi connectivity index (χ0v) is 23.5. The Balaban J connectivity index is 1.46. The molecule has 198 valence electrons. The lowest BCUT2D eigenvalue weighted by atomic mass is 9.95. The number of hydrogen-bond donors (Lipinski definition) is 1. The van der Waals surface area contributed by atoms with Gasteiger partial charge in [-0.15, -0.1) is 0 Å². The first-order valence-corrected chi connectivity index (χ1v) is 14.6. The summed E-state index contributed by atoms with van der Waals surface area (Å²) in [4.78, 5) is 25.4. The molecule has 2 aromatic heterocycles. The Morgan fingerprint density at radius 3 is 2.58 bits per heavy atom. The van der Waals surface area contributed by atoms with Gasteiger partial charge in [0.1, 0.15) is 5.82 Å². The van der Waals surface area contributed by atoms with Gasteiger partial charge in [-0.05, 0) is 80.3 Å². The number of pyridine rings is 1. The number of fused-ring (bicyclic) bond motifs is 1. The molecule has 1 aliphatic rings. The van der Waals surface area contributed by atoms with E-state index in [-0.39, 0.29) is 11.6 Å². The summed E-state index contributed by atoms with van der Waals surface area (Å²) in [5.74, 6) is 1.21. The van der Waals surface area contributed by atoms with Gasteiger partial charge in [-0.3, -0.25) is 9.00 Å². The summed E-state index contributed by atoms with van der Waals surface area (Å²) in [6.45, 7) is 7.90. The predicted octanol–water partition coefficient (Wildman–Crippen LogP) is 4.92. The number of aryl methyl sites for hydroxylation is 2. The van der Waals surface area contributed by atoms with E-state index in [4.69, 9.17) is 0 Å². The average Bonchev–Trinajstić information content (AvgIpc) is 3.36. The molecule has 0 spiro atoms. The number of rotatable bonds is 7. The van der Waals surface area contributed by atoms with E-state index in [0.717, 1.165) is 75.6 Å². The standard InChI is InChI=1S/C30H35N5O2S/c1-19-12-25(20(2)33-28-8-6-7-9-29(28)38(5)37)26-15-23(34(4)30(36)27(26)13-19)14-22-10-11-35(18-22)24-16-31-21(3)32-17-24/h6-9,12-13,15-17,20,22,33H,10-11,14,18H2,1-5H3/t20-,22?,38?/m1/s1. The van der Waals surface area contributed by atoms with Crippen molar-refractivity contribution in [2.24, 2.45) is 13.0 Å². The third-order valence-electron chi connectivity index (χ3n) is 7.58. The maximum absolute atomic E-state index is 13.5. The smallest absolute Gasteiger partial charge is 0.258 e. The van der Waals surface area contributed by atoms with Crippen LogP contribution in [0.5, 0.6) is 0 Å². The lowest BCUT2D eigenvalue weighted by molar-refractivity contribution is 0.560. The molecule has 1 saturated heterocycles. The van der Waals surface area contributed by atoms with Crippen LogP contribution in [-0.4, -0.2) is 38.1 Å². The zero-order valence-electron chi connectivity index (χ0n) is 22.7. The highest BCUT2D eigenvalue weighted by Gasteiger charge is 2.25. The first-order chi connectivity index (χ1) is 18.2. The molecule has 3 atom stereocenters. The summed E-state index contributed by atoms with van der Waals surface area (Å²) >= 11 is 0. The highest BCUT2D eigenvalue weighted by Crippen LogP contribution is 2.31. The van der Waals surface area contributed by atoms with Gasteiger partial charge in [0, 0.05) is 43.5 Å². The molecule has 0 amide bonds. The number of anilines is 2. The van der Waals surface area contributed by atoms with E-state index in [9.17, 15) is 9.00 Å². The molecule has 0 aliphatic carbocycles. The lowest BCUT2D eigenvalue weighted by Gasteiger charge is -2.22. The van der Waals surface area contributed by atoms with Crippen LogP contribution in [0.15, 0.2) is 64.5 Å². The number of nitrogens with zero attached hydrogens (tertiary/aromatic N) is 4. The van der Waals surface area contributed by atoms with Crippen LogP contribution in [0.3, 0.4) is 0 Å². The molecular weight excluding hydrogens is 494 g/mol. The second-order valence-electron chi connectivity index (χ2n) is 10.4. The SMILES string of the molecule is Cc1cc([C@@H](C)Nc2ccccc2S(C)=O)c2cc(CC3CCN(c4cnc(C)nc4)C3)n(C)c(=O)c2c1. The van der Waals surface area contributed by atoms with Crippen molar-refractivity contribution in [3.8, 4) is 0 Å². The minimum Gasteiger partial charge on any atom is -0.378 e. The molecule has 38 heavy (non-hydrogen) atoms. The Labute approximate surface area is 226 Å². The van der Waals surface area contributed by atoms with E-state index in [1.807, 2.05) is 68.2 Å². The van der Waals surface area contributed by atoms with E-state index in [1.165, 1.54) is 0 Å². The highest BCUT2D eigenvalue weighted by molar-refractivity contribution is 7.84. The van der Waals surface area contributed by atoms with Crippen molar-refractivity contribution in [1.82, 2.24) is 14.5 Å². The van der Waals surface area contributed by atoms with Crippen molar-refractivity contribution in [3.05, 3.63) is 87.9 Å². The van der Waals surface area contributed by atoms with Gasteiger partial charge in [-0.25, -0.2) is 9.97 Å². The molecule has 0 saturated carbocycles. The summed E-state index contributed by atoms with van der Waals surface area (Å²) < 4.78 is 14.1. The second-order valence-corrected chi connectivity index (χ2v) is 11.8. The van der Waals surface area contributed by atoms with Crippen LogP contribution in [-0.2, 0) is 24.3 Å². The van der Waals surface area contributed by atoms with Crippen molar-refractivity contribution in [1.29, 1.82) is 0 Å². The van der Waals surface area contributed by atoms with Crippen LogP contribution in [0.2, 0.25) is 0 Å². The van der Waals surface area contributed by atoms with Gasteiger partial charge in [0.05, 0.1) is 39.5 Å². The van der Waals surface area contributed by atoms with Crippen LogP contribution in [0.4, 0.5) is 11.4 Å². The molecule has 2 aromatic carbocycles. The average molecular weight is 530 g/mol. The number of aromatic nitrogens is 3. The molecule has 0 bridgehead atoms. The molecule has 4 aromatic rings. The van der Waals surface area contributed by atoms with Gasteiger partial charge in [-0.2, -0.15) is 0 Å². The summed E-state index contributed by atoms with van der Waals surface area (Å²) in [6.07, 6.45) is 7.37. The first kappa shape index (κ1) is 26.1. The quantitative estimate of drug-likeness (QED) is 0.366. The molecule has 1 N–H and O–H groups in total. The summed E-state index contributed by atoms with van der Waals surface area (Å²) in [7, 11) is 0.779. The van der Waals surface area contributed by atoms with E-state index >= 15 is 0 Å². The Morgan fingerprint density at radius 1 is 1.11 bits per heavy atom. The molecule has 0 radical (unpaired) electrons. The van der Waals surface area contributed by atoms with E-state index in [1.54, 1.807) is 6.26 Å². The largest absolute Gasteiger partial charge is 0.378 e. The maximum Gasteiger partial charge on any atom is 0.258 e. The number of nitrogens with one attached hydrogen (secondary N) is 1. The topological polar surface area (TPSA) is 80.1 Å². The fraction of sp³-hybridized carbons (Fsp3) is 0.367. The van der Waals surface area contributed by atoms with E-state index < -0.39 is 10.8 Å². The Bertz CT molecular complexity index is 1560. The van der Waals surface area contributed by atoms with Gasteiger partial charge >= 0.3 is 0 Å². The van der Waals surface area contributed by atoms with Crippen LogP contribution < -0.4 is 15.8 Å². The number of hydrogen-bond acceptors (Lipinski definition) is 6. The third-order valence-corrected chi connectivity index (χ3v) is 8.56. The van der Waals surface area contributed by atoms with Gasteiger partial charge < -0.3 is 14.8 Å². The molecule has 1 aliphatic heterocycles. The highest BCUT2D eigenvalue weighted by atomic mass is 32.2. The van der Waals surface area contributed by atoms with Crippen LogP contribution in [0.25, 0.3) is 10.8 Å². The van der Waals surface area contributed by atoms with E-state index in [2.05, 4.69) is 39.2 Å². The Kier molecular flexibility index (Phi) is 7.34. The summed E-state index contributed by atoms with van der Waals surface area (Å²) in [5, 5.41) is 5.27. The Hall–Kier alpha value is -3.52. The first-order valence-electron chi connectivity index (χ1n) is 13.1. The minimum absolute atomic E-state index is 0.0338. The van der Waals surface area contributed by atoms with Gasteiger partial charge in [-0.1, -0.05) is 18.2 Å². The van der Waals surface area contributed by atoms with Crippen LogP contribution in [0, 0.1) is 19.8 Å². The Morgan fingerprint density at radius 2 is 1.84 bits per heavy atom. The molecular formula is C30H35N5O2S. The maximum atomic E-state index is 13.5. The fourth-order valence-corrected chi connectivity index (χ4v) is 6.23. The summed E-state index contributed by atoms with van der Waals surface area (Å²) in [5.41, 5.74) is 5.10. The van der Waals surface area contributed by atoms with Crippen molar-refractivity contribution in [2.75, 3.05) is 29.6 Å². The predicted molar refractivity (Wildman–Crippen MR) is 156 cm³/mol. The molecule has 8 heteroatoms. The van der Waals surface area contributed by atoms with E-state index in [0.29, 0.717) is 5.92 Å². The summed E-state index contributed by atoms with van der Waals surface area (Å²) in [6, 6.07) is 14.0. The van der Waals surface area contributed by atoms with Gasteiger partial charge in [0.2, 0.25) is 0 Å².